The van der Waals surface area contributed by atoms with Crippen molar-refractivity contribution in [3.05, 3.63) is 24.0 Å². The summed E-state index contributed by atoms with van der Waals surface area (Å²) in [6, 6.07) is 5.00. The molecule has 0 bridgehead atoms. The van der Waals surface area contributed by atoms with Crippen molar-refractivity contribution in [2.24, 2.45) is 5.92 Å². The van der Waals surface area contributed by atoms with Gasteiger partial charge in [-0.25, -0.2) is 4.39 Å². The molecule has 0 spiro atoms. The van der Waals surface area contributed by atoms with E-state index in [1.807, 2.05) is 6.92 Å². The Labute approximate surface area is 120 Å². The number of hydrogen-bond donors (Lipinski definition) is 1. The topological polar surface area (TPSA) is 30.5 Å². The first-order valence-corrected chi connectivity index (χ1v) is 7.40. The Kier molecular flexibility index (Phi) is 5.24. The second kappa shape index (κ2) is 6.93. The van der Waals surface area contributed by atoms with Gasteiger partial charge in [0.25, 0.3) is 0 Å². The van der Waals surface area contributed by atoms with Crippen LogP contribution in [0.15, 0.2) is 18.2 Å². The first-order chi connectivity index (χ1) is 9.60. The van der Waals surface area contributed by atoms with Crippen molar-refractivity contribution in [1.29, 1.82) is 0 Å². The molecule has 2 unspecified atom stereocenters. The zero-order valence-corrected chi connectivity index (χ0v) is 12.5. The molecule has 112 valence electrons. The fourth-order valence-corrected chi connectivity index (χ4v) is 2.53. The van der Waals surface area contributed by atoms with Gasteiger partial charge in [-0.1, -0.05) is 13.8 Å². The summed E-state index contributed by atoms with van der Waals surface area (Å²) in [6.07, 6.45) is 2.23. The Hall–Kier alpha value is -1.29. The van der Waals surface area contributed by atoms with Crippen LogP contribution in [0.2, 0.25) is 0 Å². The van der Waals surface area contributed by atoms with E-state index >= 15 is 0 Å². The van der Waals surface area contributed by atoms with E-state index in [2.05, 4.69) is 19.2 Å². The Bertz CT molecular complexity index is 436. The van der Waals surface area contributed by atoms with Gasteiger partial charge in [0, 0.05) is 18.7 Å². The van der Waals surface area contributed by atoms with Crippen LogP contribution in [0.25, 0.3) is 0 Å². The molecule has 1 heterocycles. The highest BCUT2D eigenvalue weighted by molar-refractivity contribution is 5.57. The van der Waals surface area contributed by atoms with Crippen LogP contribution in [0, 0.1) is 11.7 Å². The van der Waals surface area contributed by atoms with Crippen LogP contribution in [0.1, 0.15) is 33.6 Å². The number of nitrogens with one attached hydrogen (secondary N) is 1. The van der Waals surface area contributed by atoms with Gasteiger partial charge in [-0.15, -0.1) is 0 Å². The number of hydrogen-bond acceptors (Lipinski definition) is 3. The smallest absolute Gasteiger partial charge is 0.145 e. The van der Waals surface area contributed by atoms with Crippen molar-refractivity contribution in [2.45, 2.75) is 45.8 Å². The highest BCUT2D eigenvalue weighted by atomic mass is 19.1. The van der Waals surface area contributed by atoms with E-state index in [1.165, 1.54) is 12.1 Å². The van der Waals surface area contributed by atoms with Crippen LogP contribution >= 0.6 is 0 Å². The van der Waals surface area contributed by atoms with Gasteiger partial charge in [-0.3, -0.25) is 0 Å². The van der Waals surface area contributed by atoms with E-state index in [-0.39, 0.29) is 11.9 Å². The number of benzene rings is 1. The molecular formula is C16H24FNO2. The highest BCUT2D eigenvalue weighted by Gasteiger charge is 2.25. The van der Waals surface area contributed by atoms with Crippen molar-refractivity contribution in [2.75, 3.05) is 18.5 Å². The summed E-state index contributed by atoms with van der Waals surface area (Å²) in [6.45, 7) is 7.55. The lowest BCUT2D eigenvalue weighted by Gasteiger charge is -2.33. The monoisotopic (exact) mass is 281 g/mol. The Balaban J connectivity index is 2.05. The number of rotatable bonds is 5. The second-order valence-electron chi connectivity index (χ2n) is 5.59. The Morgan fingerprint density at radius 1 is 1.45 bits per heavy atom. The summed E-state index contributed by atoms with van der Waals surface area (Å²) in [5.41, 5.74) is 0.864. The van der Waals surface area contributed by atoms with Gasteiger partial charge in [0.2, 0.25) is 0 Å². The lowest BCUT2D eigenvalue weighted by atomic mass is 9.95. The highest BCUT2D eigenvalue weighted by Crippen LogP contribution is 2.29. The van der Waals surface area contributed by atoms with E-state index in [4.69, 9.17) is 9.47 Å². The third-order valence-corrected chi connectivity index (χ3v) is 3.66. The molecule has 3 nitrogen and oxygen atoms in total. The van der Waals surface area contributed by atoms with Crippen LogP contribution < -0.4 is 10.1 Å². The SMILES string of the molecule is CCOc1cc(F)ccc1NC1CCOC(C(C)C)C1. The van der Waals surface area contributed by atoms with Gasteiger partial charge in [0.1, 0.15) is 11.6 Å². The molecular weight excluding hydrogens is 257 g/mol. The minimum Gasteiger partial charge on any atom is -0.492 e. The van der Waals surface area contributed by atoms with E-state index < -0.39 is 0 Å². The third-order valence-electron chi connectivity index (χ3n) is 3.66. The van der Waals surface area contributed by atoms with Crippen LogP contribution in [0.4, 0.5) is 10.1 Å². The lowest BCUT2D eigenvalue weighted by molar-refractivity contribution is -0.0161. The van der Waals surface area contributed by atoms with Crippen molar-refractivity contribution in [3.8, 4) is 5.75 Å². The first kappa shape index (κ1) is 15.1. The fraction of sp³-hybridized carbons (Fsp3) is 0.625. The van der Waals surface area contributed by atoms with Crippen LogP contribution in [0.3, 0.4) is 0 Å². The molecule has 1 aromatic carbocycles. The van der Waals surface area contributed by atoms with Crippen LogP contribution in [-0.4, -0.2) is 25.4 Å². The molecule has 0 radical (unpaired) electrons. The summed E-state index contributed by atoms with van der Waals surface area (Å²) in [5.74, 6) is 0.824. The summed E-state index contributed by atoms with van der Waals surface area (Å²) >= 11 is 0. The van der Waals surface area contributed by atoms with Crippen molar-refractivity contribution < 1.29 is 13.9 Å². The summed E-state index contributed by atoms with van der Waals surface area (Å²) in [4.78, 5) is 0. The molecule has 1 aliphatic heterocycles. The molecule has 0 aromatic heterocycles. The van der Waals surface area contributed by atoms with Gasteiger partial charge in [0.15, 0.2) is 0 Å². The van der Waals surface area contributed by atoms with E-state index in [0.717, 1.165) is 25.1 Å². The van der Waals surface area contributed by atoms with Gasteiger partial charge in [0.05, 0.1) is 18.4 Å². The van der Waals surface area contributed by atoms with E-state index in [9.17, 15) is 4.39 Å². The Morgan fingerprint density at radius 2 is 2.25 bits per heavy atom. The van der Waals surface area contributed by atoms with Gasteiger partial charge < -0.3 is 14.8 Å². The summed E-state index contributed by atoms with van der Waals surface area (Å²) in [7, 11) is 0. The molecule has 1 fully saturated rings. The molecule has 1 aliphatic rings. The molecule has 0 saturated carbocycles. The molecule has 1 N–H and O–H groups in total. The predicted molar refractivity (Wildman–Crippen MR) is 78.8 cm³/mol. The molecule has 20 heavy (non-hydrogen) atoms. The van der Waals surface area contributed by atoms with Crippen molar-refractivity contribution >= 4 is 5.69 Å². The molecule has 0 amide bonds. The second-order valence-corrected chi connectivity index (χ2v) is 5.59. The van der Waals surface area contributed by atoms with Gasteiger partial charge in [-0.2, -0.15) is 0 Å². The lowest BCUT2D eigenvalue weighted by Crippen LogP contribution is -2.36. The number of halogens is 1. The van der Waals surface area contributed by atoms with Crippen LogP contribution in [-0.2, 0) is 4.74 Å². The molecule has 1 aromatic rings. The number of ether oxygens (including phenoxy) is 2. The maximum Gasteiger partial charge on any atom is 0.145 e. The zero-order valence-electron chi connectivity index (χ0n) is 12.5. The van der Waals surface area contributed by atoms with E-state index in [0.29, 0.717) is 24.3 Å². The van der Waals surface area contributed by atoms with Gasteiger partial charge in [-0.05, 0) is 37.8 Å². The molecule has 2 rings (SSSR count). The third kappa shape index (κ3) is 3.85. The van der Waals surface area contributed by atoms with Gasteiger partial charge >= 0.3 is 0 Å². The molecule has 4 heteroatoms. The van der Waals surface area contributed by atoms with E-state index in [1.54, 1.807) is 6.07 Å². The zero-order chi connectivity index (χ0) is 14.5. The van der Waals surface area contributed by atoms with Crippen molar-refractivity contribution in [3.63, 3.8) is 0 Å². The minimum atomic E-state index is -0.272. The van der Waals surface area contributed by atoms with Crippen LogP contribution in [0.5, 0.6) is 5.75 Å². The standard InChI is InChI=1S/C16H24FNO2/c1-4-19-16-9-12(17)5-6-14(16)18-13-7-8-20-15(10-13)11(2)3/h5-6,9,11,13,15,18H,4,7-8,10H2,1-3H3. The molecule has 0 aliphatic carbocycles. The quantitative estimate of drug-likeness (QED) is 0.889. The van der Waals surface area contributed by atoms with Crippen molar-refractivity contribution in [1.82, 2.24) is 0 Å². The maximum absolute atomic E-state index is 13.3. The first-order valence-electron chi connectivity index (χ1n) is 7.40. The normalized spacial score (nSPS) is 22.9. The Morgan fingerprint density at radius 3 is 2.95 bits per heavy atom. The average Bonchev–Trinajstić information content (AvgIpc) is 2.42. The minimum absolute atomic E-state index is 0.272. The molecule has 1 saturated heterocycles. The average molecular weight is 281 g/mol. The molecule has 2 atom stereocenters. The number of anilines is 1. The maximum atomic E-state index is 13.3. The fourth-order valence-electron chi connectivity index (χ4n) is 2.53. The summed E-state index contributed by atoms with van der Waals surface area (Å²) < 4.78 is 24.6. The largest absolute Gasteiger partial charge is 0.492 e. The predicted octanol–water partition coefficient (Wildman–Crippen LogP) is 3.84. The summed E-state index contributed by atoms with van der Waals surface area (Å²) in [5, 5.41) is 3.47.